The zero-order valence-corrected chi connectivity index (χ0v) is 14.5. The lowest BCUT2D eigenvalue weighted by Gasteiger charge is -2.07. The number of aryl methyl sites for hydroxylation is 2. The van der Waals surface area contributed by atoms with Crippen LogP contribution in [0.15, 0.2) is 29.2 Å². The van der Waals surface area contributed by atoms with Crippen LogP contribution in [0.3, 0.4) is 0 Å². The number of benzene rings is 1. The highest BCUT2D eigenvalue weighted by Crippen LogP contribution is 2.31. The molecule has 1 aromatic heterocycles. The summed E-state index contributed by atoms with van der Waals surface area (Å²) in [5.74, 6) is -0.224. The molecule has 9 heteroatoms. The Morgan fingerprint density at radius 1 is 1.25 bits per heavy atom. The van der Waals surface area contributed by atoms with Gasteiger partial charge >= 0.3 is 0 Å². The number of hydrogen-bond donors (Lipinski definition) is 2. The van der Waals surface area contributed by atoms with Crippen LogP contribution in [0, 0.1) is 0 Å². The van der Waals surface area contributed by atoms with Crippen LogP contribution in [-0.4, -0.2) is 25.9 Å². The number of nitrogens with zero attached hydrogens (tertiary/aromatic N) is 1. The van der Waals surface area contributed by atoms with Crippen molar-refractivity contribution in [2.24, 2.45) is 5.73 Å². The van der Waals surface area contributed by atoms with E-state index in [-0.39, 0.29) is 11.5 Å². The highest BCUT2D eigenvalue weighted by atomic mass is 32.2. The Balaban J connectivity index is 1.73. The molecule has 0 aliphatic heterocycles. The summed E-state index contributed by atoms with van der Waals surface area (Å²) in [5.41, 5.74) is 5.99. The van der Waals surface area contributed by atoms with Crippen molar-refractivity contribution < 1.29 is 17.9 Å². The van der Waals surface area contributed by atoms with Gasteiger partial charge in [-0.25, -0.2) is 13.4 Å². The molecule has 1 aromatic carbocycles. The average molecular weight is 367 g/mol. The molecule has 0 saturated carbocycles. The Morgan fingerprint density at radius 2 is 1.96 bits per heavy atom. The van der Waals surface area contributed by atoms with Crippen LogP contribution < -0.4 is 15.2 Å². The van der Waals surface area contributed by atoms with Crippen LogP contribution in [0.5, 0.6) is 5.75 Å². The second-order valence-corrected chi connectivity index (χ2v) is 8.19. The molecule has 0 radical (unpaired) electrons. The van der Waals surface area contributed by atoms with Gasteiger partial charge in [-0.05, 0) is 49.9 Å². The molecule has 0 atom stereocenters. The summed E-state index contributed by atoms with van der Waals surface area (Å²) in [4.78, 5) is 16.3. The smallest absolute Gasteiger partial charge is 0.263 e. The van der Waals surface area contributed by atoms with Crippen LogP contribution in [0.2, 0.25) is 0 Å². The Morgan fingerprint density at radius 3 is 2.62 bits per heavy atom. The minimum Gasteiger partial charge on any atom is -0.484 e. The van der Waals surface area contributed by atoms with Crippen LogP contribution in [0.4, 0.5) is 5.13 Å². The van der Waals surface area contributed by atoms with Crippen molar-refractivity contribution in [2.45, 2.75) is 30.6 Å². The Kier molecular flexibility index (Phi) is 4.72. The van der Waals surface area contributed by atoms with Crippen LogP contribution in [0.1, 0.15) is 23.4 Å². The van der Waals surface area contributed by atoms with Gasteiger partial charge < -0.3 is 10.5 Å². The fraction of sp³-hybridized carbons (Fsp3) is 0.333. The van der Waals surface area contributed by atoms with Crippen LogP contribution in [0.25, 0.3) is 0 Å². The Labute approximate surface area is 143 Å². The number of sulfonamides is 1. The Hall–Kier alpha value is -2.13. The summed E-state index contributed by atoms with van der Waals surface area (Å²) in [6, 6.07) is 5.77. The number of ether oxygens (including phenoxy) is 1. The number of nitrogens with two attached hydrogens (primary N) is 1. The quantitative estimate of drug-likeness (QED) is 0.807. The SMILES string of the molecule is NC(=O)COc1ccc(S(=O)(=O)Nc2nc3c(s2)CCCC3)cc1. The molecule has 1 amide bonds. The van der Waals surface area contributed by atoms with E-state index >= 15 is 0 Å². The van der Waals surface area contributed by atoms with Gasteiger partial charge in [0, 0.05) is 4.88 Å². The molecule has 3 N–H and O–H groups in total. The maximum absolute atomic E-state index is 12.4. The summed E-state index contributed by atoms with van der Waals surface area (Å²) in [6.07, 6.45) is 4.07. The number of anilines is 1. The number of thiazole rings is 1. The van der Waals surface area contributed by atoms with Crippen molar-refractivity contribution in [3.63, 3.8) is 0 Å². The van der Waals surface area contributed by atoms with Gasteiger partial charge in [-0.15, -0.1) is 11.3 Å². The lowest BCUT2D eigenvalue weighted by Crippen LogP contribution is -2.20. The largest absolute Gasteiger partial charge is 0.484 e. The first-order valence-electron chi connectivity index (χ1n) is 7.46. The number of primary amides is 1. The number of fused-ring (bicyclic) bond motifs is 1. The van der Waals surface area contributed by atoms with Gasteiger partial charge in [0.15, 0.2) is 11.7 Å². The van der Waals surface area contributed by atoms with Gasteiger partial charge in [0.25, 0.3) is 15.9 Å². The van der Waals surface area contributed by atoms with E-state index in [4.69, 9.17) is 10.5 Å². The van der Waals surface area contributed by atoms with Crippen molar-refractivity contribution in [3.05, 3.63) is 34.8 Å². The molecule has 7 nitrogen and oxygen atoms in total. The predicted molar refractivity (Wildman–Crippen MR) is 90.7 cm³/mol. The molecule has 0 unspecified atom stereocenters. The first-order valence-corrected chi connectivity index (χ1v) is 9.76. The minimum absolute atomic E-state index is 0.0992. The molecule has 128 valence electrons. The van der Waals surface area contributed by atoms with Gasteiger partial charge in [-0.1, -0.05) is 0 Å². The van der Waals surface area contributed by atoms with E-state index < -0.39 is 15.9 Å². The zero-order valence-electron chi connectivity index (χ0n) is 12.8. The molecule has 2 aromatic rings. The van der Waals surface area contributed by atoms with E-state index in [9.17, 15) is 13.2 Å². The minimum atomic E-state index is -3.71. The fourth-order valence-electron chi connectivity index (χ4n) is 2.44. The standard InChI is InChI=1S/C15H17N3O4S2/c16-14(19)9-22-10-5-7-11(8-6-10)24(20,21)18-15-17-12-3-1-2-4-13(12)23-15/h5-8H,1-4,9H2,(H2,16,19)(H,17,18). The van der Waals surface area contributed by atoms with E-state index in [1.807, 2.05) is 0 Å². The van der Waals surface area contributed by atoms with Crippen LogP contribution in [-0.2, 0) is 27.7 Å². The molecule has 1 aliphatic carbocycles. The summed E-state index contributed by atoms with van der Waals surface area (Å²) in [7, 11) is -3.71. The van der Waals surface area contributed by atoms with E-state index in [1.54, 1.807) is 0 Å². The van der Waals surface area contributed by atoms with Gasteiger partial charge in [0.1, 0.15) is 5.75 Å². The fourth-order valence-corrected chi connectivity index (χ4v) is 4.72. The van der Waals surface area contributed by atoms with E-state index in [0.29, 0.717) is 10.9 Å². The van der Waals surface area contributed by atoms with Crippen molar-refractivity contribution in [3.8, 4) is 5.75 Å². The first-order chi connectivity index (χ1) is 11.4. The number of rotatable bonds is 6. The summed E-state index contributed by atoms with van der Waals surface area (Å²) in [6.45, 7) is -0.255. The van der Waals surface area contributed by atoms with Gasteiger partial charge in [-0.2, -0.15) is 0 Å². The zero-order chi connectivity index (χ0) is 17.2. The first kappa shape index (κ1) is 16.7. The van der Waals surface area contributed by atoms with E-state index in [0.717, 1.165) is 36.3 Å². The maximum atomic E-state index is 12.4. The lowest BCUT2D eigenvalue weighted by atomic mass is 10.0. The predicted octanol–water partition coefficient (Wildman–Crippen LogP) is 1.69. The molecule has 24 heavy (non-hydrogen) atoms. The number of carbonyl (C=O) groups excluding carboxylic acids is 1. The summed E-state index contributed by atoms with van der Waals surface area (Å²) in [5, 5.41) is 0.399. The van der Waals surface area contributed by atoms with E-state index in [2.05, 4.69) is 9.71 Å². The Bertz CT molecular complexity index is 821. The number of nitrogens with one attached hydrogen (secondary N) is 1. The molecule has 1 heterocycles. The molecule has 0 bridgehead atoms. The van der Waals surface area contributed by atoms with Gasteiger partial charge in [0.05, 0.1) is 10.6 Å². The molecule has 0 spiro atoms. The van der Waals surface area contributed by atoms with Crippen molar-refractivity contribution >= 4 is 32.4 Å². The summed E-state index contributed by atoms with van der Waals surface area (Å²) < 4.78 is 32.5. The molecule has 0 saturated heterocycles. The van der Waals surface area contributed by atoms with Crippen molar-refractivity contribution in [1.82, 2.24) is 4.98 Å². The third kappa shape index (κ3) is 3.85. The topological polar surface area (TPSA) is 111 Å². The highest BCUT2D eigenvalue weighted by Gasteiger charge is 2.20. The molecule has 0 fully saturated rings. The average Bonchev–Trinajstić information content (AvgIpc) is 2.94. The second-order valence-electron chi connectivity index (χ2n) is 5.43. The number of aromatic nitrogens is 1. The van der Waals surface area contributed by atoms with Crippen LogP contribution >= 0.6 is 11.3 Å². The highest BCUT2D eigenvalue weighted by molar-refractivity contribution is 7.93. The van der Waals surface area contributed by atoms with Gasteiger partial charge in [0.2, 0.25) is 0 Å². The summed E-state index contributed by atoms with van der Waals surface area (Å²) >= 11 is 1.39. The number of carbonyl (C=O) groups is 1. The van der Waals surface area contributed by atoms with Crippen molar-refractivity contribution in [1.29, 1.82) is 0 Å². The molecular formula is C15H17N3O4S2. The molecule has 1 aliphatic rings. The van der Waals surface area contributed by atoms with Crippen molar-refractivity contribution in [2.75, 3.05) is 11.3 Å². The second kappa shape index (κ2) is 6.78. The molecular weight excluding hydrogens is 350 g/mol. The third-order valence-electron chi connectivity index (χ3n) is 3.58. The van der Waals surface area contributed by atoms with Gasteiger partial charge in [-0.3, -0.25) is 9.52 Å². The number of hydrogen-bond acceptors (Lipinski definition) is 6. The lowest BCUT2D eigenvalue weighted by molar-refractivity contribution is -0.119. The third-order valence-corrected chi connectivity index (χ3v) is 6.14. The van der Waals surface area contributed by atoms with E-state index in [1.165, 1.54) is 35.6 Å². The molecule has 3 rings (SSSR count). The normalized spacial score (nSPS) is 14.0. The maximum Gasteiger partial charge on any atom is 0.263 e. The number of amides is 1. The monoisotopic (exact) mass is 367 g/mol.